The summed E-state index contributed by atoms with van der Waals surface area (Å²) in [6.07, 6.45) is 2.81. The van der Waals surface area contributed by atoms with Crippen LogP contribution in [0.4, 0.5) is 0 Å². The van der Waals surface area contributed by atoms with Crippen molar-refractivity contribution in [2.75, 3.05) is 21.3 Å². The normalized spacial score (nSPS) is 16.9. The minimum atomic E-state index is -0.731. The lowest BCUT2D eigenvalue weighted by Gasteiger charge is -2.25. The van der Waals surface area contributed by atoms with Crippen LogP contribution in [-0.4, -0.2) is 33.1 Å². The third-order valence-corrected chi connectivity index (χ3v) is 6.85. The van der Waals surface area contributed by atoms with Crippen LogP contribution in [0.15, 0.2) is 69.8 Å². The van der Waals surface area contributed by atoms with E-state index in [1.807, 2.05) is 0 Å². The summed E-state index contributed by atoms with van der Waals surface area (Å²) in [4.78, 5) is 39.3. The molecule has 2 aliphatic heterocycles. The summed E-state index contributed by atoms with van der Waals surface area (Å²) < 4.78 is 33.5. The van der Waals surface area contributed by atoms with Gasteiger partial charge in [-0.3, -0.25) is 14.4 Å². The Labute approximate surface area is 222 Å². The maximum atomic E-state index is 13.4. The van der Waals surface area contributed by atoms with Crippen molar-refractivity contribution in [1.82, 2.24) is 0 Å². The molecule has 0 fully saturated rings. The first-order valence-electron chi connectivity index (χ1n) is 12.1. The molecule has 3 aromatic carbocycles. The third kappa shape index (κ3) is 3.90. The van der Waals surface area contributed by atoms with Gasteiger partial charge in [-0.25, -0.2) is 0 Å². The molecule has 9 heteroatoms. The van der Waals surface area contributed by atoms with Crippen LogP contribution in [-0.2, 0) is 4.79 Å². The van der Waals surface area contributed by atoms with Crippen LogP contribution in [0.5, 0.6) is 28.7 Å². The molecule has 0 saturated carbocycles. The Bertz CT molecular complexity index is 1740. The van der Waals surface area contributed by atoms with Gasteiger partial charge in [0.2, 0.25) is 11.5 Å². The van der Waals surface area contributed by atoms with Gasteiger partial charge >= 0.3 is 5.97 Å². The quantitative estimate of drug-likeness (QED) is 0.204. The lowest BCUT2D eigenvalue weighted by Crippen LogP contribution is -2.25. The van der Waals surface area contributed by atoms with Gasteiger partial charge in [0, 0.05) is 17.0 Å². The van der Waals surface area contributed by atoms with Gasteiger partial charge in [0.15, 0.2) is 22.7 Å². The summed E-state index contributed by atoms with van der Waals surface area (Å²) in [5.41, 5.74) is 1.76. The van der Waals surface area contributed by atoms with Gasteiger partial charge in [-0.05, 0) is 48.0 Å². The highest BCUT2D eigenvalue weighted by Gasteiger charge is 2.39. The van der Waals surface area contributed by atoms with Crippen molar-refractivity contribution in [1.29, 1.82) is 0 Å². The van der Waals surface area contributed by atoms with E-state index in [0.717, 1.165) is 0 Å². The Morgan fingerprint density at radius 2 is 1.64 bits per heavy atom. The Balaban J connectivity index is 1.47. The first-order chi connectivity index (χ1) is 18.9. The van der Waals surface area contributed by atoms with E-state index in [0.29, 0.717) is 44.9 Å². The maximum Gasteiger partial charge on any atom is 0.312 e. The number of rotatable bonds is 5. The first-order valence-corrected chi connectivity index (χ1v) is 12.1. The van der Waals surface area contributed by atoms with E-state index in [1.54, 1.807) is 54.6 Å². The summed E-state index contributed by atoms with van der Waals surface area (Å²) in [5.74, 6) is 0.167. The number of Topliss-reactive ketones (excluding diaryl/α,β-unsaturated/α-hetero) is 1. The van der Waals surface area contributed by atoms with Crippen molar-refractivity contribution in [2.45, 2.75) is 12.3 Å². The van der Waals surface area contributed by atoms with Crippen molar-refractivity contribution in [3.05, 3.63) is 93.0 Å². The van der Waals surface area contributed by atoms with Crippen molar-refractivity contribution >= 4 is 28.8 Å². The minimum absolute atomic E-state index is 0.0499. The second-order valence-corrected chi connectivity index (χ2v) is 9.00. The fourth-order valence-electron chi connectivity index (χ4n) is 5.04. The average molecular weight is 526 g/mol. The molecule has 39 heavy (non-hydrogen) atoms. The van der Waals surface area contributed by atoms with Crippen LogP contribution in [0.25, 0.3) is 17.0 Å². The van der Waals surface area contributed by atoms with Gasteiger partial charge in [-0.2, -0.15) is 0 Å². The monoisotopic (exact) mass is 526 g/mol. The summed E-state index contributed by atoms with van der Waals surface area (Å²) >= 11 is 0. The zero-order chi connectivity index (χ0) is 27.3. The number of carbonyl (C=O) groups excluding carboxylic acids is 2. The molecule has 196 valence electrons. The van der Waals surface area contributed by atoms with Crippen LogP contribution in [0, 0.1) is 0 Å². The molecule has 0 N–H and O–H groups in total. The molecule has 0 bridgehead atoms. The smallest absolute Gasteiger partial charge is 0.312 e. The van der Waals surface area contributed by atoms with Crippen molar-refractivity contribution < 1.29 is 37.7 Å². The van der Waals surface area contributed by atoms with Crippen LogP contribution < -0.4 is 29.1 Å². The Hall–Kier alpha value is -5.05. The van der Waals surface area contributed by atoms with Gasteiger partial charge in [0.1, 0.15) is 17.1 Å². The van der Waals surface area contributed by atoms with Gasteiger partial charge in [0.05, 0.1) is 45.0 Å². The number of methoxy groups -OCH3 is 3. The number of carbonyl (C=O) groups is 2. The van der Waals surface area contributed by atoms with E-state index in [4.69, 9.17) is 28.1 Å². The standard InChI is InChI=1S/C30H22O9/c1-34-23-11-15(12-24(35-2)30(23)36-3)10-22-28(33)17-8-9-21-26(29(17)39-22)18(13-25(31)38-21)19-14-37-20-7-5-4-6-16(20)27(19)32/h4-12,14,18H,13H2,1-3H3. The van der Waals surface area contributed by atoms with Crippen molar-refractivity contribution in [3.8, 4) is 28.7 Å². The molecule has 0 radical (unpaired) electrons. The number of benzene rings is 3. The molecule has 0 saturated heterocycles. The molecule has 6 rings (SSSR count). The van der Waals surface area contributed by atoms with Crippen molar-refractivity contribution in [3.63, 3.8) is 0 Å². The highest BCUT2D eigenvalue weighted by Crippen LogP contribution is 2.49. The van der Waals surface area contributed by atoms with E-state index in [9.17, 15) is 14.4 Å². The summed E-state index contributed by atoms with van der Waals surface area (Å²) in [6, 6.07) is 13.3. The predicted molar refractivity (Wildman–Crippen MR) is 140 cm³/mol. The first kappa shape index (κ1) is 24.3. The van der Waals surface area contributed by atoms with Gasteiger partial charge in [0.25, 0.3) is 0 Å². The van der Waals surface area contributed by atoms with E-state index in [-0.39, 0.29) is 40.5 Å². The van der Waals surface area contributed by atoms with Crippen molar-refractivity contribution in [2.24, 2.45) is 0 Å². The average Bonchev–Trinajstić information content (AvgIpc) is 3.26. The number of hydrogen-bond acceptors (Lipinski definition) is 9. The number of allylic oxidation sites excluding steroid dienone is 1. The molecular weight excluding hydrogens is 504 g/mol. The van der Waals surface area contributed by atoms with E-state index in [1.165, 1.54) is 27.6 Å². The molecule has 9 nitrogen and oxygen atoms in total. The van der Waals surface area contributed by atoms with Gasteiger partial charge in [-0.1, -0.05) is 12.1 Å². The van der Waals surface area contributed by atoms with Crippen LogP contribution in [0.3, 0.4) is 0 Å². The second kappa shape index (κ2) is 9.36. The number of ketones is 1. The number of ether oxygens (including phenoxy) is 5. The van der Waals surface area contributed by atoms with Crippen LogP contribution in [0.2, 0.25) is 0 Å². The summed E-state index contributed by atoms with van der Waals surface area (Å²) in [5, 5.41) is 0.392. The number of fused-ring (bicyclic) bond motifs is 4. The zero-order valence-electron chi connectivity index (χ0n) is 21.2. The van der Waals surface area contributed by atoms with Gasteiger partial charge < -0.3 is 28.1 Å². The number of para-hydroxylation sites is 1. The molecule has 1 atom stereocenters. The Morgan fingerprint density at radius 1 is 0.897 bits per heavy atom. The highest BCUT2D eigenvalue weighted by atomic mass is 16.5. The van der Waals surface area contributed by atoms with E-state index in [2.05, 4.69) is 0 Å². The highest BCUT2D eigenvalue weighted by molar-refractivity contribution is 6.15. The Kier molecular flexibility index (Phi) is 5.83. The largest absolute Gasteiger partial charge is 0.493 e. The number of esters is 1. The summed E-state index contributed by atoms with van der Waals surface area (Å²) in [6.45, 7) is 0. The molecule has 1 unspecified atom stereocenters. The lowest BCUT2D eigenvalue weighted by molar-refractivity contribution is -0.135. The molecule has 1 aromatic heterocycles. The minimum Gasteiger partial charge on any atom is -0.493 e. The number of hydrogen-bond donors (Lipinski definition) is 0. The topological polar surface area (TPSA) is 111 Å². The Morgan fingerprint density at radius 3 is 2.36 bits per heavy atom. The summed E-state index contributed by atoms with van der Waals surface area (Å²) in [7, 11) is 4.50. The third-order valence-electron chi connectivity index (χ3n) is 6.85. The molecule has 0 aliphatic carbocycles. The zero-order valence-corrected chi connectivity index (χ0v) is 21.2. The molecule has 0 spiro atoms. The lowest BCUT2D eigenvalue weighted by atomic mass is 9.85. The SMILES string of the molecule is COc1cc(C=C2Oc3c(ccc4c3C(c3coc5ccccc5c3=O)CC(=O)O4)C2=O)cc(OC)c1OC. The van der Waals surface area contributed by atoms with E-state index < -0.39 is 11.9 Å². The van der Waals surface area contributed by atoms with Crippen LogP contribution >= 0.6 is 0 Å². The van der Waals surface area contributed by atoms with Gasteiger partial charge in [-0.15, -0.1) is 0 Å². The maximum absolute atomic E-state index is 13.4. The van der Waals surface area contributed by atoms with Crippen LogP contribution in [0.1, 0.15) is 39.4 Å². The predicted octanol–water partition coefficient (Wildman–Crippen LogP) is 4.88. The molecular formula is C30H22O9. The fourth-order valence-corrected chi connectivity index (χ4v) is 5.04. The molecule has 3 heterocycles. The second-order valence-electron chi connectivity index (χ2n) is 9.00. The van der Waals surface area contributed by atoms with E-state index >= 15 is 0 Å². The molecule has 0 amide bonds. The molecule has 4 aromatic rings. The fraction of sp³-hybridized carbons (Fsp3) is 0.167. The molecule has 2 aliphatic rings.